The van der Waals surface area contributed by atoms with Crippen LogP contribution in [0.3, 0.4) is 0 Å². The zero-order valence-corrected chi connectivity index (χ0v) is 19.5. The van der Waals surface area contributed by atoms with Gasteiger partial charge in [0.15, 0.2) is 5.82 Å². The van der Waals surface area contributed by atoms with E-state index in [1.54, 1.807) is 25.5 Å². The number of benzene rings is 2. The molecule has 5 rings (SSSR count). The van der Waals surface area contributed by atoms with Gasteiger partial charge in [-0.15, -0.1) is 0 Å². The SMILES string of the molecule is CNC(=O)N1C[C@H](c2[nH]c(-c3ccc(Cl)cc3)nc2-c2ncccn2)CC[C@@H]1c1ccccc1. The van der Waals surface area contributed by atoms with Crippen LogP contribution >= 0.6 is 11.6 Å². The van der Waals surface area contributed by atoms with Gasteiger partial charge in [0.25, 0.3) is 0 Å². The Bertz CT molecular complexity index is 1260. The van der Waals surface area contributed by atoms with Gasteiger partial charge < -0.3 is 15.2 Å². The van der Waals surface area contributed by atoms with Crippen LogP contribution in [-0.2, 0) is 0 Å². The molecule has 0 bridgehead atoms. The maximum Gasteiger partial charge on any atom is 0.317 e. The molecular formula is C26H25ClN6O. The summed E-state index contributed by atoms with van der Waals surface area (Å²) < 4.78 is 0. The number of aromatic amines is 1. The third-order valence-corrected chi connectivity index (χ3v) is 6.53. The van der Waals surface area contributed by atoms with Crippen LogP contribution in [0.2, 0.25) is 5.02 Å². The number of piperidine rings is 1. The number of urea groups is 1. The van der Waals surface area contributed by atoms with Crippen molar-refractivity contribution < 1.29 is 4.79 Å². The summed E-state index contributed by atoms with van der Waals surface area (Å²) in [5, 5.41) is 3.48. The fourth-order valence-corrected chi connectivity index (χ4v) is 4.74. The molecule has 0 spiro atoms. The highest BCUT2D eigenvalue weighted by Crippen LogP contribution is 2.40. The van der Waals surface area contributed by atoms with Gasteiger partial charge in [-0.2, -0.15) is 0 Å². The number of nitrogens with zero attached hydrogens (tertiary/aromatic N) is 4. The third-order valence-electron chi connectivity index (χ3n) is 6.28. The summed E-state index contributed by atoms with van der Waals surface area (Å²) in [5.41, 5.74) is 3.72. The van der Waals surface area contributed by atoms with Crippen molar-refractivity contribution in [2.75, 3.05) is 13.6 Å². The third kappa shape index (κ3) is 4.39. The predicted molar refractivity (Wildman–Crippen MR) is 132 cm³/mol. The number of imidazole rings is 1. The maximum absolute atomic E-state index is 12.9. The first-order valence-corrected chi connectivity index (χ1v) is 11.7. The second-order valence-electron chi connectivity index (χ2n) is 8.34. The zero-order valence-electron chi connectivity index (χ0n) is 18.8. The summed E-state index contributed by atoms with van der Waals surface area (Å²) in [7, 11) is 1.67. The fraction of sp³-hybridized carbons (Fsp3) is 0.231. The van der Waals surface area contributed by atoms with E-state index in [2.05, 4.69) is 32.4 Å². The molecule has 172 valence electrons. The average molecular weight is 473 g/mol. The highest BCUT2D eigenvalue weighted by atomic mass is 35.5. The lowest BCUT2D eigenvalue weighted by molar-refractivity contribution is 0.143. The Morgan fingerprint density at radius 3 is 2.47 bits per heavy atom. The summed E-state index contributed by atoms with van der Waals surface area (Å²) in [4.78, 5) is 32.1. The highest BCUT2D eigenvalue weighted by molar-refractivity contribution is 6.30. The molecule has 2 aromatic carbocycles. The van der Waals surface area contributed by atoms with Gasteiger partial charge in [0.1, 0.15) is 11.5 Å². The van der Waals surface area contributed by atoms with Crippen molar-refractivity contribution >= 4 is 17.6 Å². The number of aromatic nitrogens is 4. The summed E-state index contributed by atoms with van der Waals surface area (Å²) in [6.07, 6.45) is 5.17. The van der Waals surface area contributed by atoms with Gasteiger partial charge >= 0.3 is 6.03 Å². The molecule has 2 N–H and O–H groups in total. The quantitative estimate of drug-likeness (QED) is 0.413. The first kappa shape index (κ1) is 22.1. The van der Waals surface area contributed by atoms with E-state index in [1.807, 2.05) is 47.4 Å². The number of carbonyl (C=O) groups is 1. The molecule has 34 heavy (non-hydrogen) atoms. The second-order valence-corrected chi connectivity index (χ2v) is 8.77. The first-order valence-electron chi connectivity index (χ1n) is 11.3. The van der Waals surface area contributed by atoms with Gasteiger partial charge in [0, 0.05) is 42.5 Å². The van der Waals surface area contributed by atoms with Crippen molar-refractivity contribution in [1.82, 2.24) is 30.2 Å². The van der Waals surface area contributed by atoms with Crippen LogP contribution in [0.5, 0.6) is 0 Å². The summed E-state index contributed by atoms with van der Waals surface area (Å²) in [5.74, 6) is 1.35. The van der Waals surface area contributed by atoms with E-state index < -0.39 is 0 Å². The smallest absolute Gasteiger partial charge is 0.317 e. The Hall–Kier alpha value is -3.71. The van der Waals surface area contributed by atoms with Crippen molar-refractivity contribution in [3.05, 3.63) is 89.3 Å². The van der Waals surface area contributed by atoms with Gasteiger partial charge in [-0.25, -0.2) is 19.7 Å². The van der Waals surface area contributed by atoms with E-state index in [0.717, 1.165) is 35.5 Å². The number of hydrogen-bond donors (Lipinski definition) is 2. The molecule has 0 aliphatic carbocycles. The van der Waals surface area contributed by atoms with Gasteiger partial charge in [0.05, 0.1) is 11.7 Å². The minimum absolute atomic E-state index is 0.0208. The second kappa shape index (κ2) is 9.65. The van der Waals surface area contributed by atoms with Crippen LogP contribution in [0.25, 0.3) is 22.9 Å². The van der Waals surface area contributed by atoms with Gasteiger partial charge in [-0.05, 0) is 48.7 Å². The summed E-state index contributed by atoms with van der Waals surface area (Å²) in [6.45, 7) is 0.557. The Kier molecular flexibility index (Phi) is 6.27. The molecule has 2 atom stereocenters. The number of carbonyl (C=O) groups excluding carboxylic acids is 1. The molecule has 4 aromatic rings. The molecule has 7 nitrogen and oxygen atoms in total. The lowest BCUT2D eigenvalue weighted by Gasteiger charge is -2.39. The van der Waals surface area contributed by atoms with E-state index >= 15 is 0 Å². The molecule has 2 amide bonds. The van der Waals surface area contributed by atoms with Gasteiger partial charge in [0.2, 0.25) is 0 Å². The number of likely N-dealkylation sites (tertiary alicyclic amines) is 1. The van der Waals surface area contributed by atoms with E-state index in [9.17, 15) is 4.79 Å². The summed E-state index contributed by atoms with van der Waals surface area (Å²) in [6, 6.07) is 19.5. The van der Waals surface area contributed by atoms with Crippen molar-refractivity contribution in [1.29, 1.82) is 0 Å². The Morgan fingerprint density at radius 1 is 1.03 bits per heavy atom. The minimum atomic E-state index is -0.0893. The lowest BCUT2D eigenvalue weighted by Crippen LogP contribution is -2.45. The molecule has 3 heterocycles. The Balaban J connectivity index is 1.53. The molecule has 0 radical (unpaired) electrons. The number of nitrogens with one attached hydrogen (secondary N) is 2. The lowest BCUT2D eigenvalue weighted by atomic mass is 9.86. The van der Waals surface area contributed by atoms with Crippen LogP contribution in [0.4, 0.5) is 4.79 Å². The van der Waals surface area contributed by atoms with Crippen molar-refractivity contribution in [2.24, 2.45) is 0 Å². The Labute approximate surface area is 203 Å². The Morgan fingerprint density at radius 2 is 1.76 bits per heavy atom. The van der Waals surface area contributed by atoms with Gasteiger partial charge in [-0.1, -0.05) is 41.9 Å². The monoisotopic (exact) mass is 472 g/mol. The molecular weight excluding hydrogens is 448 g/mol. The first-order chi connectivity index (χ1) is 16.6. The minimum Gasteiger partial charge on any atom is -0.341 e. The number of halogens is 1. The van der Waals surface area contributed by atoms with Crippen LogP contribution in [0.15, 0.2) is 73.1 Å². The molecule has 1 aliphatic heterocycles. The summed E-state index contributed by atoms with van der Waals surface area (Å²) >= 11 is 6.08. The van der Waals surface area contributed by atoms with E-state index in [-0.39, 0.29) is 18.0 Å². The highest BCUT2D eigenvalue weighted by Gasteiger charge is 2.35. The van der Waals surface area contributed by atoms with Crippen LogP contribution in [0.1, 0.15) is 36.1 Å². The molecule has 8 heteroatoms. The predicted octanol–water partition coefficient (Wildman–Crippen LogP) is 5.45. The number of amides is 2. The van der Waals surface area contributed by atoms with Crippen molar-refractivity contribution in [2.45, 2.75) is 24.8 Å². The largest absolute Gasteiger partial charge is 0.341 e. The molecule has 1 saturated heterocycles. The molecule has 1 fully saturated rings. The maximum atomic E-state index is 12.9. The molecule has 1 aliphatic rings. The van der Waals surface area contributed by atoms with Crippen LogP contribution < -0.4 is 5.32 Å². The standard InChI is InChI=1S/C26H25ClN6O/c1-28-26(34)33-16-19(10-13-21(33)17-6-3-2-4-7-17)22-23(25-29-14-5-15-30-25)32-24(31-22)18-8-11-20(27)12-9-18/h2-9,11-12,14-15,19,21H,10,13,16H2,1H3,(H,28,34)(H,31,32)/t19-,21-/m1/s1. The normalized spacial score (nSPS) is 18.0. The van der Waals surface area contributed by atoms with E-state index in [4.69, 9.17) is 16.6 Å². The average Bonchev–Trinajstić information content (AvgIpc) is 3.35. The molecule has 2 aromatic heterocycles. The topological polar surface area (TPSA) is 86.8 Å². The van der Waals surface area contributed by atoms with Crippen molar-refractivity contribution in [3.63, 3.8) is 0 Å². The number of hydrogen-bond acceptors (Lipinski definition) is 4. The zero-order chi connectivity index (χ0) is 23.5. The van der Waals surface area contributed by atoms with Gasteiger partial charge in [-0.3, -0.25) is 0 Å². The molecule has 0 unspecified atom stereocenters. The van der Waals surface area contributed by atoms with E-state index in [1.165, 1.54) is 0 Å². The van der Waals surface area contributed by atoms with Crippen molar-refractivity contribution in [3.8, 4) is 22.9 Å². The fourth-order valence-electron chi connectivity index (χ4n) is 4.61. The van der Waals surface area contributed by atoms with Crippen LogP contribution in [0, 0.1) is 0 Å². The van der Waals surface area contributed by atoms with Crippen LogP contribution in [-0.4, -0.2) is 44.5 Å². The number of H-pyrrole nitrogens is 1. The number of rotatable bonds is 4. The molecule has 0 saturated carbocycles. The van der Waals surface area contributed by atoms with E-state index in [0.29, 0.717) is 23.1 Å².